The van der Waals surface area contributed by atoms with Gasteiger partial charge in [-0.05, 0) is 24.6 Å². The average Bonchev–Trinajstić information content (AvgIpc) is 2.21. The molecule has 0 spiro atoms. The van der Waals surface area contributed by atoms with Crippen molar-refractivity contribution in [3.63, 3.8) is 0 Å². The van der Waals surface area contributed by atoms with Gasteiger partial charge in [0.2, 0.25) is 0 Å². The lowest BCUT2D eigenvalue weighted by molar-refractivity contribution is 0.0521. The quantitative estimate of drug-likeness (QED) is 0.620. The summed E-state index contributed by atoms with van der Waals surface area (Å²) in [6, 6.07) is 2.75. The van der Waals surface area contributed by atoms with Crippen molar-refractivity contribution in [1.82, 2.24) is 0 Å². The minimum atomic E-state index is -0.642. The Hall–Kier alpha value is -0.420. The molecular weight excluding hydrogens is 331 g/mol. The third kappa shape index (κ3) is 3.01. The smallest absolute Gasteiger partial charge is 0.341 e. The van der Waals surface area contributed by atoms with Crippen molar-refractivity contribution in [1.29, 1.82) is 0 Å². The number of ether oxygens (including phenoxy) is 1. The highest BCUT2D eigenvalue weighted by Crippen LogP contribution is 2.23. The number of benzene rings is 1. The topological polar surface area (TPSA) is 26.3 Å². The fourth-order valence-electron chi connectivity index (χ4n) is 1.06. The number of halogens is 3. The molecule has 0 radical (unpaired) electrons. The highest BCUT2D eigenvalue weighted by molar-refractivity contribution is 9.10. The monoisotopic (exact) mass is 338 g/mol. The fourth-order valence-corrected chi connectivity index (χ4v) is 2.38. The third-order valence-electron chi connectivity index (χ3n) is 1.78. The van der Waals surface area contributed by atoms with Crippen molar-refractivity contribution in [3.05, 3.63) is 33.5 Å². The van der Waals surface area contributed by atoms with Gasteiger partial charge in [0, 0.05) is 9.80 Å². The van der Waals surface area contributed by atoms with Crippen LogP contribution in [0.3, 0.4) is 0 Å². The van der Waals surface area contributed by atoms with Gasteiger partial charge in [0.1, 0.15) is 5.82 Å². The summed E-state index contributed by atoms with van der Waals surface area (Å²) in [6.07, 6.45) is 0. The second kappa shape index (κ2) is 5.61. The molecule has 0 heterocycles. The molecule has 0 unspecified atom stereocenters. The molecule has 0 aliphatic heterocycles. The van der Waals surface area contributed by atoms with Gasteiger partial charge in [0.15, 0.2) is 0 Å². The van der Waals surface area contributed by atoms with Crippen LogP contribution in [0.25, 0.3) is 0 Å². The first-order valence-corrected chi connectivity index (χ1v) is 6.22. The number of carbonyl (C=O) groups is 1. The van der Waals surface area contributed by atoms with E-state index in [1.807, 2.05) is 0 Å². The predicted octanol–water partition coefficient (Wildman–Crippen LogP) is 3.66. The van der Waals surface area contributed by atoms with Crippen molar-refractivity contribution in [2.75, 3.05) is 6.61 Å². The molecule has 0 aromatic heterocycles. The average molecular weight is 340 g/mol. The van der Waals surface area contributed by atoms with Gasteiger partial charge in [-0.3, -0.25) is 0 Å². The highest BCUT2D eigenvalue weighted by atomic mass is 79.9. The molecule has 0 bridgehead atoms. The first-order valence-electron chi connectivity index (χ1n) is 4.31. The van der Waals surface area contributed by atoms with E-state index in [1.165, 1.54) is 12.1 Å². The molecule has 5 heteroatoms. The number of rotatable bonds is 3. The molecule has 0 aliphatic carbocycles. The Morgan fingerprint density at radius 3 is 2.73 bits per heavy atom. The van der Waals surface area contributed by atoms with Crippen molar-refractivity contribution >= 4 is 37.8 Å². The van der Waals surface area contributed by atoms with E-state index < -0.39 is 11.8 Å². The van der Waals surface area contributed by atoms with E-state index in [2.05, 4.69) is 31.9 Å². The maximum atomic E-state index is 13.4. The second-order valence-corrected chi connectivity index (χ2v) is 4.19. The summed E-state index contributed by atoms with van der Waals surface area (Å²) in [5.74, 6) is -1.21. The molecule has 0 fully saturated rings. The van der Waals surface area contributed by atoms with Crippen LogP contribution >= 0.6 is 31.9 Å². The van der Waals surface area contributed by atoms with E-state index in [1.54, 1.807) is 6.92 Å². The molecule has 15 heavy (non-hydrogen) atoms. The molecule has 1 rings (SSSR count). The number of hydrogen-bond donors (Lipinski definition) is 0. The van der Waals surface area contributed by atoms with E-state index in [9.17, 15) is 9.18 Å². The first kappa shape index (κ1) is 12.6. The number of carbonyl (C=O) groups excluding carboxylic acids is 1. The van der Waals surface area contributed by atoms with E-state index in [0.717, 1.165) is 5.56 Å². The predicted molar refractivity (Wildman–Crippen MR) is 62.7 cm³/mol. The molecular formula is C10H9Br2FO2. The van der Waals surface area contributed by atoms with E-state index in [0.29, 0.717) is 9.80 Å². The lowest BCUT2D eigenvalue weighted by Crippen LogP contribution is -2.07. The zero-order valence-electron chi connectivity index (χ0n) is 8.02. The Labute approximate surface area is 104 Å². The molecule has 82 valence electrons. The summed E-state index contributed by atoms with van der Waals surface area (Å²) in [7, 11) is 0. The number of hydrogen-bond acceptors (Lipinski definition) is 2. The zero-order chi connectivity index (χ0) is 11.4. The van der Waals surface area contributed by atoms with Gasteiger partial charge in [-0.25, -0.2) is 9.18 Å². The fraction of sp³-hybridized carbons (Fsp3) is 0.300. The standard InChI is InChI=1S/C10H9Br2FO2/c1-2-15-10(14)7-4-8(12)6(5-11)3-9(7)13/h3-4H,2,5H2,1H3. The molecule has 0 amide bonds. The Morgan fingerprint density at radius 1 is 1.53 bits per heavy atom. The van der Waals surface area contributed by atoms with E-state index >= 15 is 0 Å². The van der Waals surface area contributed by atoms with Gasteiger partial charge in [-0.15, -0.1) is 0 Å². The molecule has 0 saturated carbocycles. The molecule has 0 aliphatic rings. The molecule has 2 nitrogen and oxygen atoms in total. The van der Waals surface area contributed by atoms with Crippen LogP contribution in [0.2, 0.25) is 0 Å². The lowest BCUT2D eigenvalue weighted by Gasteiger charge is -2.06. The second-order valence-electron chi connectivity index (χ2n) is 2.78. The van der Waals surface area contributed by atoms with Crippen LogP contribution in [-0.2, 0) is 10.1 Å². The number of esters is 1. The molecule has 0 atom stereocenters. The van der Waals surface area contributed by atoms with Crippen LogP contribution in [0.15, 0.2) is 16.6 Å². The largest absolute Gasteiger partial charge is 0.462 e. The Balaban J connectivity index is 3.10. The van der Waals surface area contributed by atoms with Gasteiger partial charge in [-0.1, -0.05) is 31.9 Å². The summed E-state index contributed by atoms with van der Waals surface area (Å²) in [5.41, 5.74) is 0.703. The van der Waals surface area contributed by atoms with Crippen molar-refractivity contribution < 1.29 is 13.9 Å². The molecule has 1 aromatic rings. The van der Waals surface area contributed by atoms with Crippen LogP contribution in [0.1, 0.15) is 22.8 Å². The van der Waals surface area contributed by atoms with Gasteiger partial charge >= 0.3 is 5.97 Å². The van der Waals surface area contributed by atoms with Crippen LogP contribution in [-0.4, -0.2) is 12.6 Å². The lowest BCUT2D eigenvalue weighted by atomic mass is 10.1. The zero-order valence-corrected chi connectivity index (χ0v) is 11.2. The van der Waals surface area contributed by atoms with Gasteiger partial charge in [0.25, 0.3) is 0 Å². The summed E-state index contributed by atoms with van der Waals surface area (Å²) in [5, 5.41) is 0.521. The Morgan fingerprint density at radius 2 is 2.20 bits per heavy atom. The summed E-state index contributed by atoms with van der Waals surface area (Å²) in [6.45, 7) is 1.91. The van der Waals surface area contributed by atoms with Crippen LogP contribution in [0.5, 0.6) is 0 Å². The van der Waals surface area contributed by atoms with Crippen LogP contribution in [0.4, 0.5) is 4.39 Å². The van der Waals surface area contributed by atoms with Gasteiger partial charge < -0.3 is 4.74 Å². The minimum Gasteiger partial charge on any atom is -0.462 e. The van der Waals surface area contributed by atoms with Crippen molar-refractivity contribution in [3.8, 4) is 0 Å². The van der Waals surface area contributed by atoms with E-state index in [4.69, 9.17) is 4.74 Å². The Kier molecular flexibility index (Phi) is 4.73. The van der Waals surface area contributed by atoms with Crippen LogP contribution < -0.4 is 0 Å². The minimum absolute atomic E-state index is 0.0478. The summed E-state index contributed by atoms with van der Waals surface area (Å²) < 4.78 is 18.9. The van der Waals surface area contributed by atoms with Gasteiger partial charge in [0.05, 0.1) is 12.2 Å². The van der Waals surface area contributed by atoms with Crippen molar-refractivity contribution in [2.45, 2.75) is 12.3 Å². The maximum Gasteiger partial charge on any atom is 0.341 e. The molecule has 0 N–H and O–H groups in total. The summed E-state index contributed by atoms with van der Waals surface area (Å²) >= 11 is 6.48. The van der Waals surface area contributed by atoms with Crippen LogP contribution in [0, 0.1) is 5.82 Å². The first-order chi connectivity index (χ1) is 7.10. The van der Waals surface area contributed by atoms with Gasteiger partial charge in [-0.2, -0.15) is 0 Å². The maximum absolute atomic E-state index is 13.4. The van der Waals surface area contributed by atoms with E-state index in [-0.39, 0.29) is 12.2 Å². The SMILES string of the molecule is CCOC(=O)c1cc(Br)c(CBr)cc1F. The highest BCUT2D eigenvalue weighted by Gasteiger charge is 2.15. The normalized spacial score (nSPS) is 10.1. The Bertz CT molecular complexity index is 380. The summed E-state index contributed by atoms with van der Waals surface area (Å²) in [4.78, 5) is 11.3. The third-order valence-corrected chi connectivity index (χ3v) is 3.12. The molecule has 1 aromatic carbocycles. The van der Waals surface area contributed by atoms with Crippen molar-refractivity contribution in [2.24, 2.45) is 0 Å². The molecule has 0 saturated heterocycles. The number of alkyl halides is 1.